The van der Waals surface area contributed by atoms with Crippen molar-refractivity contribution in [1.82, 2.24) is 14.5 Å². The van der Waals surface area contributed by atoms with E-state index < -0.39 is 22.0 Å². The molecule has 0 aliphatic heterocycles. The molecule has 1 aromatic carbocycles. The Morgan fingerprint density at radius 1 is 1.18 bits per heavy atom. The normalized spacial score (nSPS) is 12.6. The molecule has 2 amide bonds. The van der Waals surface area contributed by atoms with Gasteiger partial charge in [0, 0.05) is 25.2 Å². The number of nitrogens with zero attached hydrogens (tertiary/aromatic N) is 2. The van der Waals surface area contributed by atoms with Gasteiger partial charge in [0.2, 0.25) is 21.8 Å². The van der Waals surface area contributed by atoms with Gasteiger partial charge in [-0.2, -0.15) is 4.31 Å². The Morgan fingerprint density at radius 3 is 2.32 bits per heavy atom. The monoisotopic (exact) mass is 431 g/mol. The van der Waals surface area contributed by atoms with Gasteiger partial charge in [-0.15, -0.1) is 0 Å². The molecule has 28 heavy (non-hydrogen) atoms. The molecular formula is C19H30ClN3O4S. The number of likely N-dealkylation sites (N-methyl/N-ethyl adjacent to an activating group) is 1. The van der Waals surface area contributed by atoms with Crippen LogP contribution in [-0.4, -0.2) is 61.9 Å². The number of carbonyl (C=O) groups is 2. The summed E-state index contributed by atoms with van der Waals surface area (Å²) in [4.78, 5) is 26.7. The number of benzene rings is 1. The van der Waals surface area contributed by atoms with Crippen LogP contribution in [0.25, 0.3) is 0 Å². The summed E-state index contributed by atoms with van der Waals surface area (Å²) in [6.07, 6.45) is 3.97. The molecule has 7 nitrogen and oxygen atoms in total. The molecule has 0 bridgehead atoms. The van der Waals surface area contributed by atoms with Gasteiger partial charge in [-0.1, -0.05) is 43.5 Å². The second kappa shape index (κ2) is 11.4. The molecule has 0 aliphatic carbocycles. The fourth-order valence-corrected chi connectivity index (χ4v) is 2.97. The highest BCUT2D eigenvalue weighted by atomic mass is 35.5. The zero-order chi connectivity index (χ0) is 21.3. The Morgan fingerprint density at radius 2 is 1.79 bits per heavy atom. The average molecular weight is 432 g/mol. The molecule has 1 rings (SSSR count). The Labute approximate surface area is 173 Å². The number of halogens is 1. The van der Waals surface area contributed by atoms with Crippen molar-refractivity contribution in [3.05, 3.63) is 34.9 Å². The molecule has 9 heteroatoms. The van der Waals surface area contributed by atoms with Gasteiger partial charge in [0.15, 0.2) is 0 Å². The molecule has 158 valence electrons. The third-order valence-electron chi connectivity index (χ3n) is 4.44. The molecular weight excluding hydrogens is 402 g/mol. The van der Waals surface area contributed by atoms with Crippen molar-refractivity contribution in [3.63, 3.8) is 0 Å². The topological polar surface area (TPSA) is 86.8 Å². The van der Waals surface area contributed by atoms with E-state index in [1.165, 1.54) is 11.9 Å². The molecule has 0 saturated heterocycles. The standard InChI is InChI=1S/C19H30ClN3O4S/c1-5-6-7-12-21-19(25)15(2)23(13-16-8-10-17(20)11-9-16)18(24)14-22(3)28(4,26)27/h8-11,15H,5-7,12-14H2,1-4H3,(H,21,25)/t15-/m1/s1. The fourth-order valence-electron chi connectivity index (χ4n) is 2.50. The second-order valence-electron chi connectivity index (χ2n) is 6.84. The predicted molar refractivity (Wildman–Crippen MR) is 111 cm³/mol. The fraction of sp³-hybridized carbons (Fsp3) is 0.579. The zero-order valence-electron chi connectivity index (χ0n) is 16.9. The lowest BCUT2D eigenvalue weighted by Crippen LogP contribution is -2.50. The van der Waals surface area contributed by atoms with Crippen LogP contribution in [0, 0.1) is 0 Å². The first-order valence-corrected chi connectivity index (χ1v) is 11.5. The molecule has 0 saturated carbocycles. The van der Waals surface area contributed by atoms with Gasteiger partial charge in [-0.25, -0.2) is 8.42 Å². The maximum atomic E-state index is 12.8. The van der Waals surface area contributed by atoms with Crippen molar-refractivity contribution in [3.8, 4) is 0 Å². The van der Waals surface area contributed by atoms with Crippen LogP contribution in [0.5, 0.6) is 0 Å². The third kappa shape index (κ3) is 8.16. The van der Waals surface area contributed by atoms with Crippen LogP contribution in [0.2, 0.25) is 5.02 Å². The van der Waals surface area contributed by atoms with E-state index in [0.29, 0.717) is 11.6 Å². The number of carbonyl (C=O) groups excluding carboxylic acids is 2. The lowest BCUT2D eigenvalue weighted by atomic mass is 10.1. The molecule has 0 unspecified atom stereocenters. The Bertz CT molecular complexity index is 753. The molecule has 0 heterocycles. The SMILES string of the molecule is CCCCCNC(=O)[C@@H](C)N(Cc1ccc(Cl)cc1)C(=O)CN(C)S(C)(=O)=O. The molecule has 1 N–H and O–H groups in total. The van der Waals surface area contributed by atoms with Crippen LogP contribution in [-0.2, 0) is 26.2 Å². The van der Waals surface area contributed by atoms with Crippen LogP contribution in [0.4, 0.5) is 0 Å². The van der Waals surface area contributed by atoms with Crippen LogP contribution >= 0.6 is 11.6 Å². The molecule has 0 aliphatic rings. The molecule has 0 radical (unpaired) electrons. The van der Waals surface area contributed by atoms with Crippen molar-refractivity contribution in [1.29, 1.82) is 0 Å². The number of amides is 2. The summed E-state index contributed by atoms with van der Waals surface area (Å²) >= 11 is 5.91. The summed E-state index contributed by atoms with van der Waals surface area (Å²) in [5.41, 5.74) is 0.797. The number of unbranched alkanes of at least 4 members (excludes halogenated alkanes) is 2. The van der Waals surface area contributed by atoms with E-state index in [0.717, 1.165) is 35.4 Å². The largest absolute Gasteiger partial charge is 0.354 e. The number of nitrogens with one attached hydrogen (secondary N) is 1. The minimum Gasteiger partial charge on any atom is -0.354 e. The molecule has 0 aromatic heterocycles. The van der Waals surface area contributed by atoms with Crippen molar-refractivity contribution in [2.24, 2.45) is 0 Å². The number of hydrogen-bond acceptors (Lipinski definition) is 4. The maximum absolute atomic E-state index is 12.8. The summed E-state index contributed by atoms with van der Waals surface area (Å²) in [5, 5.41) is 3.41. The number of hydrogen-bond donors (Lipinski definition) is 1. The van der Waals surface area contributed by atoms with Gasteiger partial charge < -0.3 is 10.2 Å². The van der Waals surface area contributed by atoms with E-state index in [1.807, 2.05) is 0 Å². The van der Waals surface area contributed by atoms with Gasteiger partial charge in [0.1, 0.15) is 6.04 Å². The predicted octanol–water partition coefficient (Wildman–Crippen LogP) is 2.25. The lowest BCUT2D eigenvalue weighted by molar-refractivity contribution is -0.140. The Kier molecular flexibility index (Phi) is 9.92. The first kappa shape index (κ1) is 24.4. The van der Waals surface area contributed by atoms with E-state index >= 15 is 0 Å². The minimum absolute atomic E-state index is 0.178. The van der Waals surface area contributed by atoms with Gasteiger partial charge in [0.25, 0.3) is 0 Å². The molecule has 1 atom stereocenters. The Hall–Kier alpha value is -1.64. The second-order valence-corrected chi connectivity index (χ2v) is 9.37. The highest BCUT2D eigenvalue weighted by molar-refractivity contribution is 7.88. The van der Waals surface area contributed by atoms with Crippen molar-refractivity contribution in [2.75, 3.05) is 26.4 Å². The average Bonchev–Trinajstić information content (AvgIpc) is 2.63. The first-order valence-electron chi connectivity index (χ1n) is 9.29. The van der Waals surface area contributed by atoms with Crippen LogP contribution < -0.4 is 5.32 Å². The summed E-state index contributed by atoms with van der Waals surface area (Å²) in [5.74, 6) is -0.709. The van der Waals surface area contributed by atoms with E-state index in [2.05, 4.69) is 12.2 Å². The van der Waals surface area contributed by atoms with Gasteiger partial charge in [-0.05, 0) is 31.0 Å². The van der Waals surface area contributed by atoms with Crippen LogP contribution in [0.15, 0.2) is 24.3 Å². The van der Waals surface area contributed by atoms with Gasteiger partial charge in [-0.3, -0.25) is 9.59 Å². The lowest BCUT2D eigenvalue weighted by Gasteiger charge is -2.30. The zero-order valence-corrected chi connectivity index (χ0v) is 18.5. The van der Waals surface area contributed by atoms with E-state index in [-0.39, 0.29) is 19.0 Å². The summed E-state index contributed by atoms with van der Waals surface area (Å²) in [6, 6.07) is 6.22. The van der Waals surface area contributed by atoms with Crippen molar-refractivity contribution < 1.29 is 18.0 Å². The molecule has 0 fully saturated rings. The van der Waals surface area contributed by atoms with E-state index in [4.69, 9.17) is 11.6 Å². The van der Waals surface area contributed by atoms with Gasteiger partial charge >= 0.3 is 0 Å². The summed E-state index contributed by atoms with van der Waals surface area (Å²) in [6.45, 7) is 4.11. The number of rotatable bonds is 11. The van der Waals surface area contributed by atoms with E-state index in [9.17, 15) is 18.0 Å². The smallest absolute Gasteiger partial charge is 0.242 e. The third-order valence-corrected chi connectivity index (χ3v) is 5.95. The maximum Gasteiger partial charge on any atom is 0.242 e. The quantitative estimate of drug-likeness (QED) is 0.544. The number of sulfonamides is 1. The van der Waals surface area contributed by atoms with Crippen LogP contribution in [0.3, 0.4) is 0 Å². The summed E-state index contributed by atoms with van der Waals surface area (Å²) < 4.78 is 24.3. The van der Waals surface area contributed by atoms with Crippen LogP contribution in [0.1, 0.15) is 38.7 Å². The minimum atomic E-state index is -3.51. The molecule has 1 aromatic rings. The highest BCUT2D eigenvalue weighted by Gasteiger charge is 2.28. The summed E-state index contributed by atoms with van der Waals surface area (Å²) in [7, 11) is -2.17. The van der Waals surface area contributed by atoms with Crippen molar-refractivity contribution in [2.45, 2.75) is 45.7 Å². The highest BCUT2D eigenvalue weighted by Crippen LogP contribution is 2.14. The molecule has 0 spiro atoms. The Balaban J connectivity index is 2.93. The van der Waals surface area contributed by atoms with E-state index in [1.54, 1.807) is 31.2 Å². The van der Waals surface area contributed by atoms with Gasteiger partial charge in [0.05, 0.1) is 12.8 Å². The first-order chi connectivity index (χ1) is 13.1. The van der Waals surface area contributed by atoms with Crippen molar-refractivity contribution >= 4 is 33.4 Å².